The summed E-state index contributed by atoms with van der Waals surface area (Å²) >= 11 is 0. The average molecular weight is 364 g/mol. The van der Waals surface area contributed by atoms with Crippen molar-refractivity contribution in [1.29, 1.82) is 0 Å². The minimum Gasteiger partial charge on any atom is -0.466 e. The Labute approximate surface area is 152 Å². The summed E-state index contributed by atoms with van der Waals surface area (Å²) in [6.07, 6.45) is 2.78. The molecule has 1 aromatic rings. The molecular weight excluding hydrogens is 340 g/mol. The van der Waals surface area contributed by atoms with E-state index < -0.39 is 10.9 Å². The number of carbonyl (C=O) groups excluding carboxylic acids is 2. The molecule has 142 valence electrons. The van der Waals surface area contributed by atoms with Crippen LogP contribution in [0.3, 0.4) is 0 Å². The molecule has 0 aromatic heterocycles. The summed E-state index contributed by atoms with van der Waals surface area (Å²) in [6.45, 7) is 4.54. The highest BCUT2D eigenvalue weighted by Gasteiger charge is 2.30. The van der Waals surface area contributed by atoms with E-state index in [0.29, 0.717) is 18.8 Å². The molecule has 1 aromatic carbocycles. The Hall–Kier alpha value is -2.64. The van der Waals surface area contributed by atoms with Crippen molar-refractivity contribution in [3.63, 3.8) is 0 Å². The third kappa shape index (κ3) is 4.71. The van der Waals surface area contributed by atoms with E-state index >= 15 is 0 Å². The van der Waals surface area contributed by atoms with Crippen LogP contribution in [0.15, 0.2) is 18.2 Å². The lowest BCUT2D eigenvalue weighted by Gasteiger charge is -2.36. The Bertz CT molecular complexity index is 676. The van der Waals surface area contributed by atoms with Crippen LogP contribution in [0.1, 0.15) is 49.9 Å². The van der Waals surface area contributed by atoms with Gasteiger partial charge in [-0.1, -0.05) is 0 Å². The Morgan fingerprint density at radius 2 is 1.96 bits per heavy atom. The number of ether oxygens (including phenoxy) is 2. The fraction of sp³-hybridized carbons (Fsp3) is 0.556. The van der Waals surface area contributed by atoms with E-state index in [9.17, 15) is 19.7 Å². The van der Waals surface area contributed by atoms with E-state index in [2.05, 4.69) is 0 Å². The molecule has 0 bridgehead atoms. The summed E-state index contributed by atoms with van der Waals surface area (Å²) in [5.41, 5.74) is 0.393. The lowest BCUT2D eigenvalue weighted by atomic mass is 9.97. The second-order valence-electron chi connectivity index (χ2n) is 6.03. The van der Waals surface area contributed by atoms with Gasteiger partial charge in [0, 0.05) is 18.7 Å². The number of benzene rings is 1. The quantitative estimate of drug-likeness (QED) is 0.416. The van der Waals surface area contributed by atoms with Gasteiger partial charge in [0.15, 0.2) is 0 Å². The van der Waals surface area contributed by atoms with Crippen molar-refractivity contribution >= 4 is 23.3 Å². The van der Waals surface area contributed by atoms with Gasteiger partial charge in [0.25, 0.3) is 5.69 Å². The monoisotopic (exact) mass is 364 g/mol. The lowest BCUT2D eigenvalue weighted by Crippen LogP contribution is -2.41. The Kier molecular flexibility index (Phi) is 6.94. The van der Waals surface area contributed by atoms with Crippen LogP contribution in [0.5, 0.6) is 0 Å². The maximum atomic E-state index is 11.9. The van der Waals surface area contributed by atoms with Gasteiger partial charge in [-0.2, -0.15) is 0 Å². The van der Waals surface area contributed by atoms with E-state index in [1.165, 1.54) is 12.1 Å². The summed E-state index contributed by atoms with van der Waals surface area (Å²) in [6, 6.07) is 4.17. The zero-order chi connectivity index (χ0) is 19.1. The first-order chi connectivity index (χ1) is 12.5. The first-order valence-corrected chi connectivity index (χ1v) is 8.85. The molecule has 1 heterocycles. The number of hydrogen-bond acceptors (Lipinski definition) is 7. The molecule has 0 N–H and O–H groups in total. The molecule has 1 atom stereocenters. The van der Waals surface area contributed by atoms with Gasteiger partial charge in [-0.25, -0.2) is 4.79 Å². The van der Waals surface area contributed by atoms with Crippen LogP contribution in [-0.4, -0.2) is 42.7 Å². The van der Waals surface area contributed by atoms with E-state index in [1.807, 2.05) is 4.90 Å². The number of hydrogen-bond donors (Lipinski definition) is 0. The van der Waals surface area contributed by atoms with Gasteiger partial charge in [0.1, 0.15) is 5.69 Å². The van der Waals surface area contributed by atoms with Crippen LogP contribution in [0.2, 0.25) is 0 Å². The largest absolute Gasteiger partial charge is 0.466 e. The molecule has 1 saturated heterocycles. The van der Waals surface area contributed by atoms with Crippen molar-refractivity contribution in [2.45, 2.75) is 45.6 Å². The average Bonchev–Trinajstić information content (AvgIpc) is 2.62. The van der Waals surface area contributed by atoms with E-state index in [0.717, 1.165) is 19.3 Å². The summed E-state index contributed by atoms with van der Waals surface area (Å²) in [7, 11) is 0. The molecular formula is C18H24N2O6. The second kappa shape index (κ2) is 9.17. The van der Waals surface area contributed by atoms with Crippen LogP contribution < -0.4 is 4.90 Å². The van der Waals surface area contributed by atoms with Crippen molar-refractivity contribution in [2.24, 2.45) is 0 Å². The van der Waals surface area contributed by atoms with Crippen molar-refractivity contribution in [1.82, 2.24) is 0 Å². The molecule has 1 aliphatic rings. The highest BCUT2D eigenvalue weighted by Crippen LogP contribution is 2.35. The Morgan fingerprint density at radius 3 is 2.62 bits per heavy atom. The maximum absolute atomic E-state index is 11.9. The van der Waals surface area contributed by atoms with E-state index in [4.69, 9.17) is 9.47 Å². The number of esters is 2. The molecule has 1 unspecified atom stereocenters. The van der Waals surface area contributed by atoms with Crippen molar-refractivity contribution < 1.29 is 24.0 Å². The van der Waals surface area contributed by atoms with Crippen molar-refractivity contribution in [2.75, 3.05) is 24.7 Å². The van der Waals surface area contributed by atoms with E-state index in [1.54, 1.807) is 19.9 Å². The molecule has 8 nitrogen and oxygen atoms in total. The molecule has 0 radical (unpaired) electrons. The Morgan fingerprint density at radius 1 is 1.23 bits per heavy atom. The summed E-state index contributed by atoms with van der Waals surface area (Å²) in [5, 5.41) is 11.6. The number of nitrogens with zero attached hydrogens (tertiary/aromatic N) is 2. The summed E-state index contributed by atoms with van der Waals surface area (Å²) < 4.78 is 9.94. The topological polar surface area (TPSA) is 99.0 Å². The predicted octanol–water partition coefficient (Wildman–Crippen LogP) is 3.08. The lowest BCUT2D eigenvalue weighted by molar-refractivity contribution is -0.384. The molecule has 1 aliphatic heterocycles. The summed E-state index contributed by atoms with van der Waals surface area (Å²) in [5.74, 6) is -0.904. The zero-order valence-electron chi connectivity index (χ0n) is 15.1. The van der Waals surface area contributed by atoms with Crippen molar-refractivity contribution in [3.05, 3.63) is 33.9 Å². The number of anilines is 1. The van der Waals surface area contributed by atoms with Gasteiger partial charge < -0.3 is 14.4 Å². The van der Waals surface area contributed by atoms with Crippen LogP contribution in [0.4, 0.5) is 11.4 Å². The van der Waals surface area contributed by atoms with Crippen LogP contribution in [-0.2, 0) is 14.3 Å². The van der Waals surface area contributed by atoms with Gasteiger partial charge in [0.2, 0.25) is 0 Å². The molecule has 26 heavy (non-hydrogen) atoms. The number of nitro benzene ring substituents is 1. The molecule has 0 amide bonds. The first-order valence-electron chi connectivity index (χ1n) is 8.85. The molecule has 8 heteroatoms. The van der Waals surface area contributed by atoms with Crippen LogP contribution >= 0.6 is 0 Å². The minimum atomic E-state index is -0.594. The fourth-order valence-corrected chi connectivity index (χ4v) is 3.20. The van der Waals surface area contributed by atoms with Crippen LogP contribution in [0.25, 0.3) is 0 Å². The van der Waals surface area contributed by atoms with E-state index in [-0.39, 0.29) is 36.3 Å². The number of nitro groups is 1. The van der Waals surface area contributed by atoms with Crippen molar-refractivity contribution in [3.8, 4) is 0 Å². The summed E-state index contributed by atoms with van der Waals surface area (Å²) in [4.78, 5) is 36.7. The molecule has 0 aliphatic carbocycles. The van der Waals surface area contributed by atoms with Gasteiger partial charge in [-0.05, 0) is 45.2 Å². The normalized spacial score (nSPS) is 16.8. The zero-order valence-corrected chi connectivity index (χ0v) is 15.1. The molecule has 0 saturated carbocycles. The van der Waals surface area contributed by atoms with Gasteiger partial charge in [-0.3, -0.25) is 14.9 Å². The fourth-order valence-electron chi connectivity index (χ4n) is 3.20. The molecule has 2 rings (SSSR count). The third-order valence-electron chi connectivity index (χ3n) is 4.33. The third-order valence-corrected chi connectivity index (χ3v) is 4.33. The van der Waals surface area contributed by atoms with Gasteiger partial charge in [0.05, 0.1) is 30.1 Å². The predicted molar refractivity (Wildman–Crippen MR) is 95.3 cm³/mol. The second-order valence-corrected chi connectivity index (χ2v) is 6.03. The number of carbonyl (C=O) groups is 2. The SMILES string of the molecule is CCOC(=O)CC1CCCCN1c1ccc(C(=O)OCC)cc1[N+](=O)[O-]. The Balaban J connectivity index is 2.32. The minimum absolute atomic E-state index is 0.140. The number of rotatable bonds is 7. The first kappa shape index (κ1) is 19.7. The number of piperidine rings is 1. The van der Waals surface area contributed by atoms with Gasteiger partial charge in [-0.15, -0.1) is 0 Å². The molecule has 0 spiro atoms. The van der Waals surface area contributed by atoms with Gasteiger partial charge >= 0.3 is 11.9 Å². The highest BCUT2D eigenvalue weighted by molar-refractivity contribution is 5.91. The highest BCUT2D eigenvalue weighted by atomic mass is 16.6. The molecule has 1 fully saturated rings. The maximum Gasteiger partial charge on any atom is 0.338 e. The smallest absolute Gasteiger partial charge is 0.338 e. The standard InChI is InChI=1S/C18H24N2O6/c1-3-25-17(21)12-14-7-5-6-10-19(14)15-9-8-13(18(22)26-4-2)11-16(15)20(23)24/h8-9,11,14H,3-7,10,12H2,1-2H3. The van der Waals surface area contributed by atoms with Crippen LogP contribution in [0, 0.1) is 10.1 Å².